The summed E-state index contributed by atoms with van der Waals surface area (Å²) in [5.41, 5.74) is 10.7. The average molecular weight is 348 g/mol. The predicted molar refractivity (Wildman–Crippen MR) is 87.1 cm³/mol. The minimum atomic E-state index is -0.236. The van der Waals surface area contributed by atoms with Gasteiger partial charge in [-0.2, -0.15) is 0 Å². The fourth-order valence-electron chi connectivity index (χ4n) is 4.05. The minimum absolute atomic E-state index is 0.193. The van der Waals surface area contributed by atoms with Gasteiger partial charge in [0.2, 0.25) is 5.91 Å². The number of anilines is 1. The molecular weight excluding hydrogens is 330 g/mol. The first-order chi connectivity index (χ1) is 10.0. The second-order valence-electron chi connectivity index (χ2n) is 6.31. The molecule has 1 amide bonds. The highest BCUT2D eigenvalue weighted by molar-refractivity contribution is 9.10. The van der Waals surface area contributed by atoms with Crippen LogP contribution in [-0.2, 0) is 4.79 Å². The van der Waals surface area contributed by atoms with Crippen LogP contribution in [0, 0.1) is 5.92 Å². The van der Waals surface area contributed by atoms with Crippen molar-refractivity contribution in [2.75, 3.05) is 25.5 Å². The van der Waals surface area contributed by atoms with Crippen molar-refractivity contribution in [1.29, 1.82) is 0 Å². The molecule has 1 aromatic rings. The number of hydrogen-bond acceptors (Lipinski definition) is 3. The fraction of sp³-hybridized carbons (Fsp3) is 0.438. The third-order valence-electron chi connectivity index (χ3n) is 5.03. The van der Waals surface area contributed by atoms with Crippen LogP contribution in [0.15, 0.2) is 22.7 Å². The van der Waals surface area contributed by atoms with Gasteiger partial charge < -0.3 is 11.1 Å². The van der Waals surface area contributed by atoms with Crippen LogP contribution in [0.3, 0.4) is 0 Å². The number of nitrogens with one attached hydrogen (secondary N) is 1. The number of fused-ring (bicyclic) bond motifs is 2. The SMILES string of the molecule is CN1C[C@H](C(N)=O)C=C2c3cc(Br)cc4c3C(CN4)C[C@H]21. The highest BCUT2D eigenvalue weighted by atomic mass is 79.9. The third kappa shape index (κ3) is 1.94. The molecule has 0 fully saturated rings. The zero-order valence-corrected chi connectivity index (χ0v) is 13.5. The molecule has 0 bridgehead atoms. The molecule has 4 nitrogen and oxygen atoms in total. The number of benzene rings is 1. The summed E-state index contributed by atoms with van der Waals surface area (Å²) >= 11 is 3.60. The second-order valence-corrected chi connectivity index (χ2v) is 7.23. The lowest BCUT2D eigenvalue weighted by molar-refractivity contribution is -0.121. The molecule has 3 aliphatic rings. The number of primary amides is 1. The van der Waals surface area contributed by atoms with E-state index >= 15 is 0 Å². The van der Waals surface area contributed by atoms with Crippen molar-refractivity contribution in [2.24, 2.45) is 11.7 Å². The van der Waals surface area contributed by atoms with E-state index in [0.29, 0.717) is 12.0 Å². The second kappa shape index (κ2) is 4.58. The van der Waals surface area contributed by atoms with Gasteiger partial charge >= 0.3 is 0 Å². The molecule has 4 rings (SSSR count). The van der Waals surface area contributed by atoms with Crippen molar-refractivity contribution in [3.8, 4) is 0 Å². The Bertz CT molecular complexity index is 670. The topological polar surface area (TPSA) is 58.4 Å². The van der Waals surface area contributed by atoms with Gasteiger partial charge in [-0.05, 0) is 42.3 Å². The molecule has 1 aliphatic carbocycles. The monoisotopic (exact) mass is 347 g/mol. The lowest BCUT2D eigenvalue weighted by Gasteiger charge is -2.41. The van der Waals surface area contributed by atoms with E-state index in [1.807, 2.05) is 0 Å². The van der Waals surface area contributed by atoms with Gasteiger partial charge in [-0.1, -0.05) is 22.0 Å². The van der Waals surface area contributed by atoms with Crippen LogP contribution in [0.25, 0.3) is 5.57 Å². The minimum Gasteiger partial charge on any atom is -0.384 e. The summed E-state index contributed by atoms with van der Waals surface area (Å²) in [4.78, 5) is 13.9. The van der Waals surface area contributed by atoms with E-state index < -0.39 is 0 Å². The van der Waals surface area contributed by atoms with Gasteiger partial charge in [0, 0.05) is 35.2 Å². The maximum absolute atomic E-state index is 11.6. The molecule has 0 saturated carbocycles. The van der Waals surface area contributed by atoms with Gasteiger partial charge in [0.15, 0.2) is 0 Å². The average Bonchev–Trinajstić information content (AvgIpc) is 2.83. The number of rotatable bonds is 1. The Kier molecular flexibility index (Phi) is 2.91. The molecule has 5 heteroatoms. The molecule has 3 atom stereocenters. The Hall–Kier alpha value is -1.33. The highest BCUT2D eigenvalue weighted by Gasteiger charge is 2.40. The number of carbonyl (C=O) groups excluding carboxylic acids is 1. The Morgan fingerprint density at radius 3 is 3.05 bits per heavy atom. The number of amides is 1. The molecule has 2 aliphatic heterocycles. The maximum Gasteiger partial charge on any atom is 0.225 e. The Balaban J connectivity index is 1.91. The summed E-state index contributed by atoms with van der Waals surface area (Å²) in [7, 11) is 2.10. The van der Waals surface area contributed by atoms with E-state index in [1.54, 1.807) is 0 Å². The van der Waals surface area contributed by atoms with Crippen LogP contribution in [0.1, 0.15) is 23.5 Å². The fourth-order valence-corrected chi connectivity index (χ4v) is 4.51. The van der Waals surface area contributed by atoms with Crippen LogP contribution in [-0.4, -0.2) is 37.0 Å². The van der Waals surface area contributed by atoms with Crippen LogP contribution >= 0.6 is 15.9 Å². The molecule has 1 unspecified atom stereocenters. The van der Waals surface area contributed by atoms with Gasteiger partial charge in [-0.3, -0.25) is 9.69 Å². The van der Waals surface area contributed by atoms with Crippen LogP contribution in [0.4, 0.5) is 5.69 Å². The summed E-state index contributed by atoms with van der Waals surface area (Å²) in [5, 5.41) is 3.51. The predicted octanol–water partition coefficient (Wildman–Crippen LogP) is 2.16. The van der Waals surface area contributed by atoms with E-state index in [4.69, 9.17) is 5.73 Å². The summed E-state index contributed by atoms with van der Waals surface area (Å²) in [6.45, 7) is 1.73. The van der Waals surface area contributed by atoms with Crippen molar-refractivity contribution in [1.82, 2.24) is 4.90 Å². The van der Waals surface area contributed by atoms with E-state index in [0.717, 1.165) is 24.0 Å². The summed E-state index contributed by atoms with van der Waals surface area (Å²) < 4.78 is 1.08. The van der Waals surface area contributed by atoms with Crippen molar-refractivity contribution < 1.29 is 4.79 Å². The summed E-state index contributed by atoms with van der Waals surface area (Å²) in [6.07, 6.45) is 3.21. The summed E-state index contributed by atoms with van der Waals surface area (Å²) in [6, 6.07) is 4.73. The lowest BCUT2D eigenvalue weighted by atomic mass is 9.74. The van der Waals surface area contributed by atoms with E-state index in [1.165, 1.54) is 22.4 Å². The van der Waals surface area contributed by atoms with Crippen LogP contribution < -0.4 is 11.1 Å². The molecule has 0 aromatic heterocycles. The molecule has 110 valence electrons. The Morgan fingerprint density at radius 1 is 1.48 bits per heavy atom. The molecular formula is C16H18BrN3O. The molecule has 1 aromatic carbocycles. The Labute approximate surface area is 132 Å². The van der Waals surface area contributed by atoms with Gasteiger partial charge in [0.1, 0.15) is 0 Å². The molecule has 3 N–H and O–H groups in total. The van der Waals surface area contributed by atoms with Gasteiger partial charge in [0.25, 0.3) is 0 Å². The van der Waals surface area contributed by atoms with Gasteiger partial charge in [-0.15, -0.1) is 0 Å². The zero-order valence-electron chi connectivity index (χ0n) is 11.9. The zero-order chi connectivity index (χ0) is 14.7. The largest absolute Gasteiger partial charge is 0.384 e. The quantitative estimate of drug-likeness (QED) is 0.818. The highest BCUT2D eigenvalue weighted by Crippen LogP contribution is 2.49. The number of nitrogens with two attached hydrogens (primary N) is 1. The summed E-state index contributed by atoms with van der Waals surface area (Å²) in [5.74, 6) is 0.138. The number of halogens is 1. The standard InChI is InChI=1S/C16H18BrN3O/c1-20-7-9(16(18)21)2-11-12-4-10(17)5-13-15(12)8(6-19-13)3-14(11)20/h2,4-5,8-9,14,19H,3,6-7H2,1H3,(H2,18,21)/t8?,9-,14-/m1/s1. The smallest absolute Gasteiger partial charge is 0.225 e. The molecule has 0 radical (unpaired) electrons. The third-order valence-corrected chi connectivity index (χ3v) is 5.49. The van der Waals surface area contributed by atoms with Crippen molar-refractivity contribution in [3.63, 3.8) is 0 Å². The van der Waals surface area contributed by atoms with Gasteiger partial charge in [0.05, 0.1) is 5.92 Å². The number of likely N-dealkylation sites (N-methyl/N-ethyl adjacent to an activating group) is 1. The first-order valence-corrected chi connectivity index (χ1v) is 8.13. The van der Waals surface area contributed by atoms with Crippen molar-refractivity contribution in [3.05, 3.63) is 33.8 Å². The molecule has 0 saturated heterocycles. The van der Waals surface area contributed by atoms with Crippen molar-refractivity contribution in [2.45, 2.75) is 18.4 Å². The molecule has 0 spiro atoms. The molecule has 21 heavy (non-hydrogen) atoms. The van der Waals surface area contributed by atoms with E-state index in [2.05, 4.69) is 51.4 Å². The lowest BCUT2D eigenvalue weighted by Crippen LogP contribution is -2.45. The van der Waals surface area contributed by atoms with E-state index in [-0.39, 0.29) is 11.8 Å². The first kappa shape index (κ1) is 13.3. The number of nitrogens with zero attached hydrogens (tertiary/aromatic N) is 1. The molecule has 2 heterocycles. The number of hydrogen-bond donors (Lipinski definition) is 2. The normalized spacial score (nSPS) is 30.2. The first-order valence-electron chi connectivity index (χ1n) is 7.33. The Morgan fingerprint density at radius 2 is 2.29 bits per heavy atom. The van der Waals surface area contributed by atoms with Crippen LogP contribution in [0.5, 0.6) is 0 Å². The maximum atomic E-state index is 11.6. The van der Waals surface area contributed by atoms with Crippen molar-refractivity contribution >= 4 is 33.1 Å². The number of carbonyl (C=O) groups is 1. The van der Waals surface area contributed by atoms with Crippen LogP contribution in [0.2, 0.25) is 0 Å². The van der Waals surface area contributed by atoms with Gasteiger partial charge in [-0.25, -0.2) is 0 Å². The van der Waals surface area contributed by atoms with E-state index in [9.17, 15) is 4.79 Å².